The van der Waals surface area contributed by atoms with E-state index in [4.69, 9.17) is 9.15 Å². The number of rotatable bonds is 6. The molecule has 1 saturated carbocycles. The van der Waals surface area contributed by atoms with E-state index in [0.717, 1.165) is 12.8 Å². The highest BCUT2D eigenvalue weighted by Crippen LogP contribution is 2.45. The minimum absolute atomic E-state index is 0.0172. The molecule has 1 aromatic carbocycles. The largest absolute Gasteiger partial charge is 0.497 e. The highest BCUT2D eigenvalue weighted by atomic mass is 16.5. The molecule has 0 bridgehead atoms. The Morgan fingerprint density at radius 1 is 1.24 bits per heavy atom. The van der Waals surface area contributed by atoms with Crippen LogP contribution in [0.4, 0.5) is 5.69 Å². The number of amides is 2. The number of aliphatic hydroxyl groups is 1. The second-order valence-corrected chi connectivity index (χ2v) is 6.04. The van der Waals surface area contributed by atoms with Crippen molar-refractivity contribution in [3.8, 4) is 5.75 Å². The first-order valence-corrected chi connectivity index (χ1v) is 8.02. The molecule has 1 atom stereocenters. The van der Waals surface area contributed by atoms with Crippen LogP contribution < -0.4 is 15.4 Å². The third-order valence-electron chi connectivity index (χ3n) is 4.27. The lowest BCUT2D eigenvalue weighted by Crippen LogP contribution is -2.45. The summed E-state index contributed by atoms with van der Waals surface area (Å²) in [4.78, 5) is 24.0. The number of hydrogen-bond donors (Lipinski definition) is 3. The molecular formula is C18H20N2O5. The van der Waals surface area contributed by atoms with Crippen molar-refractivity contribution in [1.29, 1.82) is 0 Å². The van der Waals surface area contributed by atoms with Crippen LogP contribution in [0.5, 0.6) is 5.75 Å². The van der Waals surface area contributed by atoms with Gasteiger partial charge in [0.25, 0.3) is 0 Å². The lowest BCUT2D eigenvalue weighted by molar-refractivity contribution is -0.137. The van der Waals surface area contributed by atoms with Gasteiger partial charge in [0.15, 0.2) is 0 Å². The van der Waals surface area contributed by atoms with Gasteiger partial charge < -0.3 is 24.9 Å². The fourth-order valence-electron chi connectivity index (χ4n) is 2.68. The van der Waals surface area contributed by atoms with Crippen LogP contribution in [0.1, 0.15) is 18.6 Å². The molecule has 1 aliphatic rings. The maximum atomic E-state index is 12.0. The molecular weight excluding hydrogens is 324 g/mol. The molecule has 3 rings (SSSR count). The van der Waals surface area contributed by atoms with Crippen molar-refractivity contribution in [2.75, 3.05) is 19.0 Å². The monoisotopic (exact) mass is 344 g/mol. The highest BCUT2D eigenvalue weighted by molar-refractivity contribution is 6.39. The molecule has 132 valence electrons. The molecule has 1 aromatic heterocycles. The van der Waals surface area contributed by atoms with Crippen LogP contribution in [0.15, 0.2) is 47.1 Å². The standard InChI is InChI=1S/C18H20N2O5/c1-24-14-8-6-13(7-9-14)20-17(22)16(21)19-11-18(23,12-4-5-12)15-3-2-10-25-15/h2-3,6-10,12,23H,4-5,11H2,1H3,(H,19,21)(H,20,22). The zero-order chi connectivity index (χ0) is 17.9. The molecule has 3 N–H and O–H groups in total. The summed E-state index contributed by atoms with van der Waals surface area (Å²) in [5.74, 6) is -0.561. The number of benzene rings is 1. The fourth-order valence-corrected chi connectivity index (χ4v) is 2.68. The van der Waals surface area contributed by atoms with Crippen molar-refractivity contribution >= 4 is 17.5 Å². The van der Waals surface area contributed by atoms with Gasteiger partial charge in [-0.05, 0) is 55.2 Å². The second-order valence-electron chi connectivity index (χ2n) is 6.04. The first kappa shape index (κ1) is 17.0. The average Bonchev–Trinajstić information content (AvgIpc) is 3.34. The maximum Gasteiger partial charge on any atom is 0.313 e. The Bertz CT molecular complexity index is 737. The Morgan fingerprint density at radius 2 is 1.96 bits per heavy atom. The van der Waals surface area contributed by atoms with E-state index in [1.54, 1.807) is 43.5 Å². The molecule has 1 aliphatic carbocycles. The van der Waals surface area contributed by atoms with Gasteiger partial charge >= 0.3 is 11.8 Å². The molecule has 25 heavy (non-hydrogen) atoms. The van der Waals surface area contributed by atoms with Crippen LogP contribution >= 0.6 is 0 Å². The van der Waals surface area contributed by atoms with Gasteiger partial charge in [-0.1, -0.05) is 0 Å². The smallest absolute Gasteiger partial charge is 0.313 e. The Labute approximate surface area is 145 Å². The number of ether oxygens (including phenoxy) is 1. The van der Waals surface area contributed by atoms with Crippen LogP contribution in [0, 0.1) is 5.92 Å². The molecule has 7 heteroatoms. The Kier molecular flexibility index (Phi) is 4.76. The first-order chi connectivity index (χ1) is 12.0. The third-order valence-corrected chi connectivity index (χ3v) is 4.27. The van der Waals surface area contributed by atoms with Crippen molar-refractivity contribution in [2.45, 2.75) is 18.4 Å². The number of furan rings is 1. The molecule has 1 fully saturated rings. The van der Waals surface area contributed by atoms with E-state index in [2.05, 4.69) is 10.6 Å². The van der Waals surface area contributed by atoms with Crippen molar-refractivity contribution in [3.63, 3.8) is 0 Å². The molecule has 1 heterocycles. The van der Waals surface area contributed by atoms with Gasteiger partial charge in [0.05, 0.1) is 19.9 Å². The molecule has 0 saturated heterocycles. The van der Waals surface area contributed by atoms with Gasteiger partial charge in [-0.25, -0.2) is 0 Å². The molecule has 2 amide bonds. The Hall–Kier alpha value is -2.80. The lowest BCUT2D eigenvalue weighted by atomic mass is 9.94. The predicted octanol–water partition coefficient (Wildman–Crippen LogP) is 1.64. The van der Waals surface area contributed by atoms with E-state index < -0.39 is 17.4 Å². The van der Waals surface area contributed by atoms with Crippen LogP contribution in [-0.2, 0) is 15.2 Å². The van der Waals surface area contributed by atoms with E-state index in [1.165, 1.54) is 6.26 Å². The molecule has 2 aromatic rings. The van der Waals surface area contributed by atoms with E-state index in [0.29, 0.717) is 17.2 Å². The number of carbonyl (C=O) groups excluding carboxylic acids is 2. The summed E-state index contributed by atoms with van der Waals surface area (Å²) in [7, 11) is 1.54. The Balaban J connectivity index is 1.58. The number of carbonyl (C=O) groups is 2. The van der Waals surface area contributed by atoms with Gasteiger partial charge in [-0.2, -0.15) is 0 Å². The van der Waals surface area contributed by atoms with E-state index in [1.807, 2.05) is 0 Å². The summed E-state index contributed by atoms with van der Waals surface area (Å²) in [5.41, 5.74) is -0.816. The minimum Gasteiger partial charge on any atom is -0.497 e. The molecule has 0 radical (unpaired) electrons. The van der Waals surface area contributed by atoms with Gasteiger partial charge in [0, 0.05) is 5.69 Å². The topological polar surface area (TPSA) is 101 Å². The highest BCUT2D eigenvalue weighted by Gasteiger charge is 2.47. The third kappa shape index (κ3) is 3.83. The van der Waals surface area contributed by atoms with Gasteiger partial charge in [0.2, 0.25) is 0 Å². The summed E-state index contributed by atoms with van der Waals surface area (Å²) < 4.78 is 10.3. The van der Waals surface area contributed by atoms with Gasteiger partial charge in [-0.3, -0.25) is 9.59 Å². The van der Waals surface area contributed by atoms with E-state index in [9.17, 15) is 14.7 Å². The molecule has 1 unspecified atom stereocenters. The lowest BCUT2D eigenvalue weighted by Gasteiger charge is -2.26. The van der Waals surface area contributed by atoms with Gasteiger partial charge in [-0.15, -0.1) is 0 Å². The van der Waals surface area contributed by atoms with E-state index in [-0.39, 0.29) is 12.5 Å². The summed E-state index contributed by atoms with van der Waals surface area (Å²) in [6.45, 7) is -0.0833. The zero-order valence-corrected chi connectivity index (χ0v) is 13.8. The fraction of sp³-hybridized carbons (Fsp3) is 0.333. The van der Waals surface area contributed by atoms with Crippen LogP contribution in [-0.4, -0.2) is 30.6 Å². The number of methoxy groups -OCH3 is 1. The number of hydrogen-bond acceptors (Lipinski definition) is 5. The summed E-state index contributed by atoms with van der Waals surface area (Å²) in [5, 5.41) is 15.8. The summed E-state index contributed by atoms with van der Waals surface area (Å²) in [6.07, 6.45) is 3.18. The first-order valence-electron chi connectivity index (χ1n) is 8.02. The van der Waals surface area contributed by atoms with Gasteiger partial charge in [0.1, 0.15) is 17.1 Å². The average molecular weight is 344 g/mol. The normalized spacial score (nSPS) is 15.9. The maximum absolute atomic E-state index is 12.0. The summed E-state index contributed by atoms with van der Waals surface area (Å²) in [6, 6.07) is 9.97. The van der Waals surface area contributed by atoms with Crippen molar-refractivity contribution in [3.05, 3.63) is 48.4 Å². The second kappa shape index (κ2) is 6.98. The van der Waals surface area contributed by atoms with E-state index >= 15 is 0 Å². The predicted molar refractivity (Wildman–Crippen MR) is 90.0 cm³/mol. The molecule has 0 spiro atoms. The molecule has 7 nitrogen and oxygen atoms in total. The quantitative estimate of drug-likeness (QED) is 0.692. The van der Waals surface area contributed by atoms with Crippen LogP contribution in [0.3, 0.4) is 0 Å². The van der Waals surface area contributed by atoms with Crippen molar-refractivity contribution in [2.24, 2.45) is 5.92 Å². The summed E-state index contributed by atoms with van der Waals surface area (Å²) >= 11 is 0. The van der Waals surface area contributed by atoms with Crippen molar-refractivity contribution in [1.82, 2.24) is 5.32 Å². The van der Waals surface area contributed by atoms with Crippen LogP contribution in [0.2, 0.25) is 0 Å². The minimum atomic E-state index is -1.29. The Morgan fingerprint density at radius 3 is 2.52 bits per heavy atom. The number of anilines is 1. The zero-order valence-electron chi connectivity index (χ0n) is 13.8. The van der Waals surface area contributed by atoms with Crippen molar-refractivity contribution < 1.29 is 23.8 Å². The SMILES string of the molecule is COc1ccc(NC(=O)C(=O)NCC(O)(c2ccco2)C2CC2)cc1. The number of nitrogens with one attached hydrogen (secondary N) is 2. The molecule has 0 aliphatic heterocycles. The van der Waals surface area contributed by atoms with Crippen LogP contribution in [0.25, 0.3) is 0 Å².